The van der Waals surface area contributed by atoms with Crippen molar-refractivity contribution < 1.29 is 4.74 Å². The van der Waals surface area contributed by atoms with Gasteiger partial charge in [0.15, 0.2) is 0 Å². The lowest BCUT2D eigenvalue weighted by Gasteiger charge is -2.22. The van der Waals surface area contributed by atoms with E-state index in [0.29, 0.717) is 5.56 Å². The average molecular weight is 208 g/mol. The Morgan fingerprint density at radius 2 is 2.33 bits per heavy atom. The molecule has 15 heavy (non-hydrogen) atoms. The molecular formula is C11H16N2O2. The molecule has 0 spiro atoms. The fourth-order valence-electron chi connectivity index (χ4n) is 1.85. The van der Waals surface area contributed by atoms with Gasteiger partial charge in [-0.3, -0.25) is 4.79 Å². The molecule has 1 fully saturated rings. The lowest BCUT2D eigenvalue weighted by molar-refractivity contribution is 0.0122. The third kappa shape index (κ3) is 2.27. The van der Waals surface area contributed by atoms with Crippen LogP contribution in [0.4, 0.5) is 0 Å². The zero-order valence-corrected chi connectivity index (χ0v) is 8.66. The van der Waals surface area contributed by atoms with Gasteiger partial charge >= 0.3 is 0 Å². The van der Waals surface area contributed by atoms with E-state index >= 15 is 0 Å². The van der Waals surface area contributed by atoms with Crippen LogP contribution < -0.4 is 11.3 Å². The normalized spacial score (nSPS) is 21.5. The number of H-pyrrole nitrogens is 1. The van der Waals surface area contributed by atoms with E-state index in [1.165, 1.54) is 0 Å². The summed E-state index contributed by atoms with van der Waals surface area (Å²) in [6.07, 6.45) is 3.31. The van der Waals surface area contributed by atoms with Gasteiger partial charge in [0.1, 0.15) is 0 Å². The van der Waals surface area contributed by atoms with Crippen molar-refractivity contribution in [1.29, 1.82) is 0 Å². The molecule has 1 aromatic rings. The quantitative estimate of drug-likeness (QED) is 0.764. The van der Waals surface area contributed by atoms with E-state index in [1.54, 1.807) is 6.07 Å². The summed E-state index contributed by atoms with van der Waals surface area (Å²) in [5.41, 5.74) is 6.83. The molecule has 0 radical (unpaired) electrons. The topological polar surface area (TPSA) is 68.1 Å². The van der Waals surface area contributed by atoms with Gasteiger partial charge in [-0.25, -0.2) is 0 Å². The van der Waals surface area contributed by atoms with E-state index in [2.05, 4.69) is 4.98 Å². The Labute approximate surface area is 88.4 Å². The van der Waals surface area contributed by atoms with Gasteiger partial charge in [-0.1, -0.05) is 6.07 Å². The minimum atomic E-state index is -0.0934. The second-order valence-corrected chi connectivity index (χ2v) is 3.83. The molecule has 0 amide bonds. The van der Waals surface area contributed by atoms with Crippen molar-refractivity contribution in [2.75, 3.05) is 6.61 Å². The van der Waals surface area contributed by atoms with Crippen molar-refractivity contribution in [3.63, 3.8) is 0 Å². The predicted molar refractivity (Wildman–Crippen MR) is 57.5 cm³/mol. The van der Waals surface area contributed by atoms with Crippen molar-refractivity contribution in [3.8, 4) is 0 Å². The van der Waals surface area contributed by atoms with Gasteiger partial charge in [0.2, 0.25) is 0 Å². The van der Waals surface area contributed by atoms with Crippen LogP contribution in [0.5, 0.6) is 0 Å². The third-order valence-electron chi connectivity index (χ3n) is 2.76. The third-order valence-corrected chi connectivity index (χ3v) is 2.76. The number of ether oxygens (including phenoxy) is 1. The molecule has 1 atom stereocenters. The first-order valence-corrected chi connectivity index (χ1v) is 5.35. The highest BCUT2D eigenvalue weighted by atomic mass is 16.5. The van der Waals surface area contributed by atoms with Crippen molar-refractivity contribution in [2.24, 2.45) is 5.73 Å². The number of nitrogens with two attached hydrogens (primary N) is 1. The highest BCUT2D eigenvalue weighted by Crippen LogP contribution is 2.25. The zero-order valence-electron chi connectivity index (χ0n) is 8.66. The molecule has 1 saturated heterocycles. The Kier molecular flexibility index (Phi) is 3.18. The molecule has 4 heteroatoms. The van der Waals surface area contributed by atoms with Crippen molar-refractivity contribution in [1.82, 2.24) is 4.98 Å². The SMILES string of the molecule is NCc1ccc(C2CCCCO2)[nH]c1=O. The zero-order chi connectivity index (χ0) is 10.7. The lowest BCUT2D eigenvalue weighted by Crippen LogP contribution is -2.20. The van der Waals surface area contributed by atoms with E-state index in [4.69, 9.17) is 10.5 Å². The van der Waals surface area contributed by atoms with Crippen LogP contribution in [0.1, 0.15) is 36.6 Å². The number of hydrogen-bond acceptors (Lipinski definition) is 3. The van der Waals surface area contributed by atoms with Crippen LogP contribution >= 0.6 is 0 Å². The maximum absolute atomic E-state index is 11.5. The molecule has 0 saturated carbocycles. The summed E-state index contributed by atoms with van der Waals surface area (Å²) in [4.78, 5) is 14.4. The second kappa shape index (κ2) is 4.59. The van der Waals surface area contributed by atoms with Crippen LogP contribution in [-0.4, -0.2) is 11.6 Å². The summed E-state index contributed by atoms with van der Waals surface area (Å²) >= 11 is 0. The minimum Gasteiger partial charge on any atom is -0.372 e. The molecule has 0 aliphatic carbocycles. The highest BCUT2D eigenvalue weighted by molar-refractivity contribution is 5.16. The first-order chi connectivity index (χ1) is 7.31. The summed E-state index contributed by atoms with van der Waals surface area (Å²) < 4.78 is 5.59. The monoisotopic (exact) mass is 208 g/mol. The smallest absolute Gasteiger partial charge is 0.252 e. The number of pyridine rings is 1. The summed E-state index contributed by atoms with van der Waals surface area (Å²) in [6, 6.07) is 3.69. The van der Waals surface area contributed by atoms with Crippen molar-refractivity contribution in [2.45, 2.75) is 31.9 Å². The minimum absolute atomic E-state index is 0.0540. The molecule has 4 nitrogen and oxygen atoms in total. The molecule has 2 rings (SSSR count). The molecule has 1 aromatic heterocycles. The maximum Gasteiger partial charge on any atom is 0.252 e. The van der Waals surface area contributed by atoms with Gasteiger partial charge in [-0.15, -0.1) is 0 Å². The molecule has 1 unspecified atom stereocenters. The lowest BCUT2D eigenvalue weighted by atomic mass is 10.1. The fourth-order valence-corrected chi connectivity index (χ4v) is 1.85. The predicted octanol–water partition coefficient (Wildman–Crippen LogP) is 1.08. The number of hydrogen-bond donors (Lipinski definition) is 2. The second-order valence-electron chi connectivity index (χ2n) is 3.83. The summed E-state index contributed by atoms with van der Waals surface area (Å²) in [5.74, 6) is 0. The van der Waals surface area contributed by atoms with E-state index < -0.39 is 0 Å². The highest BCUT2D eigenvalue weighted by Gasteiger charge is 2.16. The first kappa shape index (κ1) is 10.4. The number of aromatic nitrogens is 1. The Bertz CT molecular complexity index is 380. The van der Waals surface area contributed by atoms with Crippen LogP contribution in [0, 0.1) is 0 Å². The number of rotatable bonds is 2. The van der Waals surface area contributed by atoms with Gasteiger partial charge in [-0.2, -0.15) is 0 Å². The molecule has 0 aromatic carbocycles. The molecule has 82 valence electrons. The van der Waals surface area contributed by atoms with Crippen molar-refractivity contribution >= 4 is 0 Å². The fraction of sp³-hybridized carbons (Fsp3) is 0.545. The molecule has 1 aliphatic rings. The average Bonchev–Trinajstić information content (AvgIpc) is 2.30. The van der Waals surface area contributed by atoms with E-state index in [1.807, 2.05) is 6.07 Å². The maximum atomic E-state index is 11.5. The van der Waals surface area contributed by atoms with Crippen LogP contribution in [0.2, 0.25) is 0 Å². The molecule has 0 bridgehead atoms. The van der Waals surface area contributed by atoms with Crippen LogP contribution in [-0.2, 0) is 11.3 Å². The van der Waals surface area contributed by atoms with Crippen molar-refractivity contribution in [3.05, 3.63) is 33.7 Å². The molecule has 3 N–H and O–H groups in total. The Morgan fingerprint density at radius 1 is 1.47 bits per heavy atom. The van der Waals surface area contributed by atoms with Gasteiger partial charge in [0.25, 0.3) is 5.56 Å². The molecular weight excluding hydrogens is 192 g/mol. The number of aromatic amines is 1. The summed E-state index contributed by atoms with van der Waals surface area (Å²) in [7, 11) is 0. The number of nitrogens with one attached hydrogen (secondary N) is 1. The van der Waals surface area contributed by atoms with Gasteiger partial charge < -0.3 is 15.5 Å². The Balaban J connectivity index is 2.21. The largest absolute Gasteiger partial charge is 0.372 e. The van der Waals surface area contributed by atoms with Crippen LogP contribution in [0.15, 0.2) is 16.9 Å². The standard InChI is InChI=1S/C11H16N2O2/c12-7-8-4-5-9(13-11(8)14)10-3-1-2-6-15-10/h4-5,10H,1-3,6-7,12H2,(H,13,14). The Hall–Kier alpha value is -1.13. The molecule has 1 aliphatic heterocycles. The van der Waals surface area contributed by atoms with Crippen LogP contribution in [0.25, 0.3) is 0 Å². The first-order valence-electron chi connectivity index (χ1n) is 5.35. The van der Waals surface area contributed by atoms with E-state index in [0.717, 1.165) is 31.6 Å². The summed E-state index contributed by atoms with van der Waals surface area (Å²) in [5, 5.41) is 0. The van der Waals surface area contributed by atoms with Gasteiger partial charge in [-0.05, 0) is 25.3 Å². The Morgan fingerprint density at radius 3 is 2.93 bits per heavy atom. The molecule has 2 heterocycles. The summed E-state index contributed by atoms with van der Waals surface area (Å²) in [6.45, 7) is 1.06. The van der Waals surface area contributed by atoms with Gasteiger partial charge in [0.05, 0.1) is 6.10 Å². The van der Waals surface area contributed by atoms with E-state index in [9.17, 15) is 4.79 Å². The van der Waals surface area contributed by atoms with Gasteiger partial charge in [0, 0.05) is 24.4 Å². The van der Waals surface area contributed by atoms with Crippen LogP contribution in [0.3, 0.4) is 0 Å². The van der Waals surface area contributed by atoms with E-state index in [-0.39, 0.29) is 18.2 Å².